The molecule has 0 radical (unpaired) electrons. The van der Waals surface area contributed by atoms with Gasteiger partial charge in [-0.05, 0) is 49.9 Å². The molecule has 0 spiro atoms. The molecule has 1 aromatic carbocycles. The summed E-state index contributed by atoms with van der Waals surface area (Å²) < 4.78 is 12.8. The fraction of sp³-hybridized carbons (Fsp3) is 0.500. The smallest absolute Gasteiger partial charge is 0.322 e. The van der Waals surface area contributed by atoms with Crippen molar-refractivity contribution in [1.29, 1.82) is 0 Å². The van der Waals surface area contributed by atoms with Crippen LogP contribution >= 0.6 is 0 Å². The van der Waals surface area contributed by atoms with Crippen LogP contribution in [-0.2, 0) is 0 Å². The third-order valence-electron chi connectivity index (χ3n) is 4.04. The molecule has 2 atom stereocenters. The van der Waals surface area contributed by atoms with Gasteiger partial charge in [-0.3, -0.25) is 0 Å². The number of carbonyl (C=O) groups excluding carboxylic acids is 1. The predicted molar refractivity (Wildman–Crippen MR) is 69.3 cm³/mol. The van der Waals surface area contributed by atoms with Gasteiger partial charge in [0.05, 0.1) is 6.10 Å². The molecule has 2 heterocycles. The number of anilines is 1. The first-order valence-corrected chi connectivity index (χ1v) is 6.66. The minimum atomic E-state index is -0.320. The zero-order valence-corrected chi connectivity index (χ0v) is 10.6. The predicted octanol–water partition coefficient (Wildman–Crippen LogP) is 2.35. The van der Waals surface area contributed by atoms with Gasteiger partial charge in [0.1, 0.15) is 5.82 Å². The summed E-state index contributed by atoms with van der Waals surface area (Å²) in [5.74, 6) is -0.320. The zero-order chi connectivity index (χ0) is 13.4. The van der Waals surface area contributed by atoms with Gasteiger partial charge in [-0.25, -0.2) is 9.18 Å². The summed E-state index contributed by atoms with van der Waals surface area (Å²) in [5.41, 5.74) is 0.594. The SMILES string of the molecule is O=C(Nc1ccc(F)cc1)N1C2CCC1CC(O)C2. The Bertz CT molecular complexity index is 463. The standard InChI is InChI=1S/C14H17FN2O2/c15-9-1-3-10(4-2-9)16-14(19)17-11-5-6-12(17)8-13(18)7-11/h1-4,11-13,18H,5-8H2,(H,16,19). The second-order valence-corrected chi connectivity index (χ2v) is 5.35. The molecule has 2 aliphatic rings. The van der Waals surface area contributed by atoms with Crippen LogP contribution in [0.25, 0.3) is 0 Å². The minimum absolute atomic E-state index is 0.134. The van der Waals surface area contributed by atoms with Crippen LogP contribution in [0, 0.1) is 5.82 Å². The topological polar surface area (TPSA) is 52.6 Å². The molecule has 102 valence electrons. The third-order valence-corrected chi connectivity index (χ3v) is 4.04. The first-order chi connectivity index (χ1) is 9.13. The lowest BCUT2D eigenvalue weighted by Crippen LogP contribution is -2.49. The number of hydrogen-bond donors (Lipinski definition) is 2. The molecular formula is C14H17FN2O2. The molecule has 2 unspecified atom stereocenters. The first-order valence-electron chi connectivity index (χ1n) is 6.66. The van der Waals surface area contributed by atoms with Crippen molar-refractivity contribution in [2.75, 3.05) is 5.32 Å². The molecule has 2 fully saturated rings. The van der Waals surface area contributed by atoms with Gasteiger partial charge in [-0.2, -0.15) is 0 Å². The van der Waals surface area contributed by atoms with Gasteiger partial charge in [0, 0.05) is 17.8 Å². The van der Waals surface area contributed by atoms with E-state index in [-0.39, 0.29) is 30.0 Å². The van der Waals surface area contributed by atoms with E-state index in [2.05, 4.69) is 5.32 Å². The summed E-state index contributed by atoms with van der Waals surface area (Å²) in [6, 6.07) is 5.87. The molecule has 2 N–H and O–H groups in total. The maximum absolute atomic E-state index is 12.8. The van der Waals surface area contributed by atoms with E-state index in [0.29, 0.717) is 18.5 Å². The Balaban J connectivity index is 1.69. The number of amides is 2. The molecule has 1 aromatic rings. The number of hydrogen-bond acceptors (Lipinski definition) is 2. The Labute approximate surface area is 111 Å². The van der Waals surface area contributed by atoms with Gasteiger partial charge in [0.15, 0.2) is 0 Å². The number of piperidine rings is 1. The van der Waals surface area contributed by atoms with E-state index in [9.17, 15) is 14.3 Å². The Morgan fingerprint density at radius 1 is 1.21 bits per heavy atom. The molecule has 0 aliphatic carbocycles. The molecule has 0 saturated carbocycles. The molecule has 2 bridgehead atoms. The van der Waals surface area contributed by atoms with E-state index in [4.69, 9.17) is 0 Å². The van der Waals surface area contributed by atoms with Gasteiger partial charge in [-0.15, -0.1) is 0 Å². The lowest BCUT2D eigenvalue weighted by molar-refractivity contribution is 0.0580. The number of urea groups is 1. The molecule has 3 rings (SSSR count). The van der Waals surface area contributed by atoms with E-state index < -0.39 is 0 Å². The second kappa shape index (κ2) is 4.81. The molecule has 19 heavy (non-hydrogen) atoms. The summed E-state index contributed by atoms with van der Waals surface area (Å²) in [6.07, 6.45) is 2.95. The van der Waals surface area contributed by atoms with Crippen molar-refractivity contribution in [2.24, 2.45) is 0 Å². The lowest BCUT2D eigenvalue weighted by atomic mass is 10.0. The number of nitrogens with one attached hydrogen (secondary N) is 1. The Morgan fingerprint density at radius 3 is 2.37 bits per heavy atom. The highest BCUT2D eigenvalue weighted by atomic mass is 19.1. The summed E-state index contributed by atoms with van der Waals surface area (Å²) in [7, 11) is 0. The molecule has 2 saturated heterocycles. The van der Waals surface area contributed by atoms with Crippen LogP contribution < -0.4 is 5.32 Å². The number of benzene rings is 1. The normalized spacial score (nSPS) is 29.4. The number of halogens is 1. The number of aliphatic hydroxyl groups excluding tert-OH is 1. The van der Waals surface area contributed by atoms with Crippen molar-refractivity contribution in [3.8, 4) is 0 Å². The number of fused-ring (bicyclic) bond motifs is 2. The van der Waals surface area contributed by atoms with E-state index in [1.807, 2.05) is 4.90 Å². The van der Waals surface area contributed by atoms with Crippen LogP contribution in [0.2, 0.25) is 0 Å². The van der Waals surface area contributed by atoms with Gasteiger partial charge in [-0.1, -0.05) is 0 Å². The monoisotopic (exact) mass is 264 g/mol. The van der Waals surface area contributed by atoms with Crippen molar-refractivity contribution < 1.29 is 14.3 Å². The van der Waals surface area contributed by atoms with Gasteiger partial charge in [0.2, 0.25) is 0 Å². The van der Waals surface area contributed by atoms with Crippen LogP contribution in [0.4, 0.5) is 14.9 Å². The molecule has 2 amide bonds. The van der Waals surface area contributed by atoms with Crippen molar-refractivity contribution in [1.82, 2.24) is 4.90 Å². The van der Waals surface area contributed by atoms with Crippen LogP contribution in [-0.4, -0.2) is 34.2 Å². The van der Waals surface area contributed by atoms with Crippen LogP contribution in [0.1, 0.15) is 25.7 Å². The molecule has 4 nitrogen and oxygen atoms in total. The van der Waals surface area contributed by atoms with Crippen molar-refractivity contribution in [2.45, 2.75) is 43.9 Å². The average molecular weight is 264 g/mol. The first kappa shape index (κ1) is 12.4. The largest absolute Gasteiger partial charge is 0.393 e. The Kier molecular flexibility index (Phi) is 3.14. The van der Waals surface area contributed by atoms with Crippen LogP contribution in [0.15, 0.2) is 24.3 Å². The number of aliphatic hydroxyl groups is 1. The highest BCUT2D eigenvalue weighted by Gasteiger charge is 2.42. The lowest BCUT2D eigenvalue weighted by Gasteiger charge is -2.37. The highest BCUT2D eigenvalue weighted by Crippen LogP contribution is 2.36. The summed E-state index contributed by atoms with van der Waals surface area (Å²) >= 11 is 0. The van der Waals surface area contributed by atoms with Crippen molar-refractivity contribution in [3.63, 3.8) is 0 Å². The quantitative estimate of drug-likeness (QED) is 0.818. The molecule has 2 aliphatic heterocycles. The molecule has 0 aromatic heterocycles. The maximum Gasteiger partial charge on any atom is 0.322 e. The fourth-order valence-corrected chi connectivity index (χ4v) is 3.20. The Hall–Kier alpha value is -1.62. The third kappa shape index (κ3) is 2.42. The summed E-state index contributed by atoms with van der Waals surface area (Å²) in [4.78, 5) is 14.1. The van der Waals surface area contributed by atoms with Crippen LogP contribution in [0.5, 0.6) is 0 Å². The second-order valence-electron chi connectivity index (χ2n) is 5.35. The zero-order valence-electron chi connectivity index (χ0n) is 10.6. The van der Waals surface area contributed by atoms with Gasteiger partial charge >= 0.3 is 6.03 Å². The Morgan fingerprint density at radius 2 is 1.79 bits per heavy atom. The fourth-order valence-electron chi connectivity index (χ4n) is 3.20. The number of nitrogens with zero attached hydrogens (tertiary/aromatic N) is 1. The van der Waals surface area contributed by atoms with Crippen LogP contribution in [0.3, 0.4) is 0 Å². The van der Waals surface area contributed by atoms with Crippen molar-refractivity contribution >= 4 is 11.7 Å². The maximum atomic E-state index is 12.8. The highest BCUT2D eigenvalue weighted by molar-refractivity contribution is 5.90. The van der Waals surface area contributed by atoms with E-state index in [1.54, 1.807) is 12.1 Å². The van der Waals surface area contributed by atoms with E-state index >= 15 is 0 Å². The van der Waals surface area contributed by atoms with Gasteiger partial charge in [0.25, 0.3) is 0 Å². The van der Waals surface area contributed by atoms with Gasteiger partial charge < -0.3 is 15.3 Å². The van der Waals surface area contributed by atoms with E-state index in [1.165, 1.54) is 12.1 Å². The van der Waals surface area contributed by atoms with E-state index in [0.717, 1.165) is 12.8 Å². The summed E-state index contributed by atoms with van der Waals surface area (Å²) in [6.45, 7) is 0. The molecular weight excluding hydrogens is 247 g/mol. The minimum Gasteiger partial charge on any atom is -0.393 e. The summed E-state index contributed by atoms with van der Waals surface area (Å²) in [5, 5.41) is 12.5. The molecule has 5 heteroatoms. The number of rotatable bonds is 1. The number of carbonyl (C=O) groups is 1. The average Bonchev–Trinajstić information content (AvgIpc) is 2.65. The van der Waals surface area contributed by atoms with Crippen molar-refractivity contribution in [3.05, 3.63) is 30.1 Å².